The van der Waals surface area contributed by atoms with Gasteiger partial charge in [-0.2, -0.15) is 0 Å². The summed E-state index contributed by atoms with van der Waals surface area (Å²) in [7, 11) is 0. The Kier molecular flexibility index (Phi) is 3.74. The largest absolute Gasteiger partial charge is 0.454 e. The molecule has 3 aromatic rings. The number of aromatic nitrogens is 2. The lowest BCUT2D eigenvalue weighted by molar-refractivity contribution is 0.0939. The molecule has 7 nitrogen and oxygen atoms in total. The van der Waals surface area contributed by atoms with Crippen molar-refractivity contribution in [3.63, 3.8) is 0 Å². The third kappa shape index (κ3) is 2.79. The monoisotopic (exact) mass is 365 g/mol. The minimum Gasteiger partial charge on any atom is -0.454 e. The summed E-state index contributed by atoms with van der Waals surface area (Å²) in [5.41, 5.74) is 3.02. The molecule has 0 atom stereocenters. The highest BCUT2D eigenvalue weighted by Gasteiger charge is 2.23. The van der Waals surface area contributed by atoms with E-state index in [9.17, 15) is 4.79 Å². The molecule has 1 fully saturated rings. The van der Waals surface area contributed by atoms with Crippen LogP contribution in [0.5, 0.6) is 11.5 Å². The predicted molar refractivity (Wildman–Crippen MR) is 97.8 cm³/mol. The first-order valence-electron chi connectivity index (χ1n) is 9.17. The van der Waals surface area contributed by atoms with E-state index in [0.29, 0.717) is 39.6 Å². The number of nitrogens with zero attached hydrogens (tertiary/aromatic N) is 2. The number of aryl methyl sites for hydroxylation is 1. The molecular formula is C20H19N3O4. The molecule has 1 aliphatic heterocycles. The Morgan fingerprint density at radius 2 is 1.96 bits per heavy atom. The lowest BCUT2D eigenvalue weighted by atomic mass is 10.0. The quantitative estimate of drug-likeness (QED) is 0.763. The molecule has 0 unspecified atom stereocenters. The number of benzene rings is 1. The van der Waals surface area contributed by atoms with Crippen LogP contribution >= 0.6 is 0 Å². The molecule has 3 heterocycles. The number of amides is 1. The van der Waals surface area contributed by atoms with Gasteiger partial charge < -0.3 is 19.3 Å². The van der Waals surface area contributed by atoms with Gasteiger partial charge in [-0.3, -0.25) is 4.79 Å². The zero-order valence-electron chi connectivity index (χ0n) is 14.9. The molecule has 7 heteroatoms. The molecular weight excluding hydrogens is 346 g/mol. The van der Waals surface area contributed by atoms with Gasteiger partial charge in [-0.1, -0.05) is 18.0 Å². The highest BCUT2D eigenvalue weighted by molar-refractivity contribution is 6.07. The van der Waals surface area contributed by atoms with Gasteiger partial charge in [-0.05, 0) is 44.0 Å². The maximum Gasteiger partial charge on any atom is 0.259 e. The Morgan fingerprint density at radius 3 is 2.81 bits per heavy atom. The van der Waals surface area contributed by atoms with Crippen molar-refractivity contribution in [1.29, 1.82) is 0 Å². The normalized spacial score (nSPS) is 16.2. The topological polar surface area (TPSA) is 86.5 Å². The third-order valence-electron chi connectivity index (χ3n) is 5.22. The van der Waals surface area contributed by atoms with Crippen molar-refractivity contribution in [2.75, 3.05) is 6.79 Å². The first-order valence-corrected chi connectivity index (χ1v) is 9.17. The molecule has 27 heavy (non-hydrogen) atoms. The van der Waals surface area contributed by atoms with Crippen molar-refractivity contribution < 1.29 is 18.8 Å². The number of ether oxygens (including phenoxy) is 2. The standard InChI is InChI=1S/C20H19N3O4/c1-11-18-14(19(24)21-13-4-2-3-5-13)9-15(22-20(18)27-23-11)12-6-7-16-17(8-12)26-10-25-16/h6-9,13H,2-5,10H2,1H3,(H,21,24). The van der Waals surface area contributed by atoms with Crippen molar-refractivity contribution in [3.05, 3.63) is 35.5 Å². The summed E-state index contributed by atoms with van der Waals surface area (Å²) in [4.78, 5) is 17.5. The van der Waals surface area contributed by atoms with Crippen molar-refractivity contribution in [3.8, 4) is 22.8 Å². The van der Waals surface area contributed by atoms with Crippen molar-refractivity contribution in [2.24, 2.45) is 0 Å². The molecule has 138 valence electrons. The van der Waals surface area contributed by atoms with E-state index in [1.165, 1.54) is 0 Å². The van der Waals surface area contributed by atoms with Crippen LogP contribution in [0.1, 0.15) is 41.7 Å². The molecule has 2 aromatic heterocycles. The van der Waals surface area contributed by atoms with Crippen molar-refractivity contribution in [2.45, 2.75) is 38.6 Å². The Morgan fingerprint density at radius 1 is 1.15 bits per heavy atom. The Balaban J connectivity index is 1.59. The van der Waals surface area contributed by atoms with E-state index in [0.717, 1.165) is 31.2 Å². The summed E-state index contributed by atoms with van der Waals surface area (Å²) in [6.45, 7) is 2.03. The number of carbonyl (C=O) groups is 1. The highest BCUT2D eigenvalue weighted by atomic mass is 16.7. The zero-order chi connectivity index (χ0) is 18.4. The lowest BCUT2D eigenvalue weighted by Gasteiger charge is -2.13. The van der Waals surface area contributed by atoms with Crippen LogP contribution in [0.3, 0.4) is 0 Å². The second-order valence-electron chi connectivity index (χ2n) is 7.03. The molecule has 1 aliphatic carbocycles. The molecule has 1 aromatic carbocycles. The van der Waals surface area contributed by atoms with E-state index in [-0.39, 0.29) is 18.7 Å². The van der Waals surface area contributed by atoms with Crippen LogP contribution in [-0.4, -0.2) is 28.9 Å². The fourth-order valence-corrected chi connectivity index (χ4v) is 3.81. The molecule has 1 amide bonds. The van der Waals surface area contributed by atoms with E-state index in [1.54, 1.807) is 6.07 Å². The second kappa shape index (κ2) is 6.26. The van der Waals surface area contributed by atoms with Crippen LogP contribution in [0.4, 0.5) is 0 Å². The minimum atomic E-state index is -0.109. The van der Waals surface area contributed by atoms with E-state index in [1.807, 2.05) is 25.1 Å². The molecule has 2 aliphatic rings. The number of fused-ring (bicyclic) bond motifs is 2. The van der Waals surface area contributed by atoms with E-state index >= 15 is 0 Å². The fourth-order valence-electron chi connectivity index (χ4n) is 3.81. The van der Waals surface area contributed by atoms with Gasteiger partial charge >= 0.3 is 0 Å². The highest BCUT2D eigenvalue weighted by Crippen LogP contribution is 2.36. The maximum absolute atomic E-state index is 13.0. The Bertz CT molecular complexity index is 1040. The Hall–Kier alpha value is -3.09. The molecule has 1 saturated carbocycles. The molecule has 1 N–H and O–H groups in total. The number of rotatable bonds is 3. The SMILES string of the molecule is Cc1noc2nc(-c3ccc4c(c3)OCO4)cc(C(=O)NC3CCCC3)c12. The molecule has 0 spiro atoms. The van der Waals surface area contributed by atoms with Crippen LogP contribution in [0, 0.1) is 6.92 Å². The average molecular weight is 365 g/mol. The Labute approximate surface area is 155 Å². The maximum atomic E-state index is 13.0. The summed E-state index contributed by atoms with van der Waals surface area (Å²) < 4.78 is 16.2. The summed E-state index contributed by atoms with van der Waals surface area (Å²) in [6.07, 6.45) is 4.37. The summed E-state index contributed by atoms with van der Waals surface area (Å²) >= 11 is 0. The zero-order valence-corrected chi connectivity index (χ0v) is 14.9. The predicted octanol–water partition coefficient (Wildman–Crippen LogP) is 3.60. The smallest absolute Gasteiger partial charge is 0.259 e. The lowest BCUT2D eigenvalue weighted by Crippen LogP contribution is -2.32. The summed E-state index contributed by atoms with van der Waals surface area (Å²) in [5, 5.41) is 7.81. The number of hydrogen-bond donors (Lipinski definition) is 1. The second-order valence-corrected chi connectivity index (χ2v) is 7.03. The molecule has 0 bridgehead atoms. The summed E-state index contributed by atoms with van der Waals surface area (Å²) in [5.74, 6) is 1.26. The van der Waals surface area contributed by atoms with E-state index < -0.39 is 0 Å². The third-order valence-corrected chi connectivity index (χ3v) is 5.22. The van der Waals surface area contributed by atoms with Crippen LogP contribution < -0.4 is 14.8 Å². The van der Waals surface area contributed by atoms with Gasteiger partial charge in [0.2, 0.25) is 6.79 Å². The molecule has 0 radical (unpaired) electrons. The van der Waals surface area contributed by atoms with Crippen LogP contribution in [0.25, 0.3) is 22.4 Å². The van der Waals surface area contributed by atoms with Crippen LogP contribution in [-0.2, 0) is 0 Å². The fraction of sp³-hybridized carbons (Fsp3) is 0.350. The molecule has 0 saturated heterocycles. The van der Waals surface area contributed by atoms with Crippen molar-refractivity contribution in [1.82, 2.24) is 15.5 Å². The number of carbonyl (C=O) groups excluding carboxylic acids is 1. The summed E-state index contributed by atoms with van der Waals surface area (Å²) in [6, 6.07) is 7.62. The van der Waals surface area contributed by atoms with Gasteiger partial charge in [0.1, 0.15) is 0 Å². The van der Waals surface area contributed by atoms with Gasteiger partial charge in [0.05, 0.1) is 22.3 Å². The number of hydrogen-bond acceptors (Lipinski definition) is 6. The minimum absolute atomic E-state index is 0.109. The number of pyridine rings is 1. The van der Waals surface area contributed by atoms with Gasteiger partial charge in [-0.15, -0.1) is 0 Å². The first-order chi connectivity index (χ1) is 13.2. The van der Waals surface area contributed by atoms with Gasteiger partial charge in [0, 0.05) is 11.6 Å². The van der Waals surface area contributed by atoms with Gasteiger partial charge in [0.25, 0.3) is 11.6 Å². The number of nitrogens with one attached hydrogen (secondary N) is 1. The van der Waals surface area contributed by atoms with Gasteiger partial charge in [0.15, 0.2) is 11.5 Å². The van der Waals surface area contributed by atoms with Gasteiger partial charge in [-0.25, -0.2) is 4.98 Å². The molecule has 5 rings (SSSR count). The average Bonchev–Trinajstić information content (AvgIpc) is 3.42. The van der Waals surface area contributed by atoms with Crippen LogP contribution in [0.15, 0.2) is 28.8 Å². The van der Waals surface area contributed by atoms with E-state index in [4.69, 9.17) is 14.0 Å². The van der Waals surface area contributed by atoms with E-state index in [2.05, 4.69) is 15.5 Å². The van der Waals surface area contributed by atoms with Crippen molar-refractivity contribution >= 4 is 17.0 Å². The van der Waals surface area contributed by atoms with Crippen LogP contribution in [0.2, 0.25) is 0 Å². The first kappa shape index (κ1) is 16.1.